The lowest BCUT2D eigenvalue weighted by Crippen LogP contribution is -2.70. The molecule has 0 aromatic carbocycles. The minimum Gasteiger partial charge on any atom is -0.477 e. The fraction of sp³-hybridized carbons (Fsp3) is 0.412. The Labute approximate surface area is 198 Å². The predicted molar refractivity (Wildman–Crippen MR) is 119 cm³/mol. The molecule has 1 fully saturated rings. The molecule has 174 valence electrons. The zero-order chi connectivity index (χ0) is 23.7. The molecular weight excluding hydrogens is 494 g/mol. The Morgan fingerprint density at radius 2 is 2.21 bits per heavy atom. The fourth-order valence-corrected chi connectivity index (χ4v) is 6.61. The molecule has 2 aliphatic heterocycles. The number of aromatic nitrogens is 4. The summed E-state index contributed by atoms with van der Waals surface area (Å²) in [4.78, 5) is 48.3. The van der Waals surface area contributed by atoms with Crippen LogP contribution in [0.4, 0.5) is 5.69 Å². The number of nitrogens with zero attached hydrogens (tertiary/aromatic N) is 6. The Kier molecular flexibility index (Phi) is 6.66. The summed E-state index contributed by atoms with van der Waals surface area (Å²) >= 11 is 4.17. The first-order chi connectivity index (χ1) is 15.7. The van der Waals surface area contributed by atoms with Gasteiger partial charge in [0.05, 0.1) is 4.92 Å². The van der Waals surface area contributed by atoms with Gasteiger partial charge < -0.3 is 10.4 Å². The smallest absolute Gasteiger partial charge is 0.352 e. The highest BCUT2D eigenvalue weighted by Crippen LogP contribution is 2.41. The van der Waals surface area contributed by atoms with E-state index in [2.05, 4.69) is 20.6 Å². The normalized spacial score (nSPS) is 19.8. The number of aliphatic carboxylic acids is 1. The molecule has 13 nitrogen and oxygen atoms in total. The lowest BCUT2D eigenvalue weighted by atomic mass is 10.0. The summed E-state index contributed by atoms with van der Waals surface area (Å²) in [5, 5.41) is 35.1. The van der Waals surface area contributed by atoms with E-state index < -0.39 is 34.1 Å². The largest absolute Gasteiger partial charge is 0.477 e. The maximum absolute atomic E-state index is 12.7. The number of aryl methyl sites for hydroxylation is 2. The first-order valence-corrected chi connectivity index (χ1v) is 12.4. The second-order valence-corrected chi connectivity index (χ2v) is 10.6. The monoisotopic (exact) mass is 511 g/mol. The van der Waals surface area contributed by atoms with Gasteiger partial charge in [0.15, 0.2) is 4.34 Å². The van der Waals surface area contributed by atoms with Crippen LogP contribution >= 0.6 is 34.9 Å². The highest BCUT2D eigenvalue weighted by Gasteiger charge is 2.54. The molecule has 0 aliphatic carbocycles. The lowest BCUT2D eigenvalue weighted by Gasteiger charge is -2.49. The number of nitrogens with one attached hydrogen (secondary N) is 1. The summed E-state index contributed by atoms with van der Waals surface area (Å²) < 4.78 is 2.00. The summed E-state index contributed by atoms with van der Waals surface area (Å²) in [6, 6.07) is -0.830. The molecule has 2 atom stereocenters. The average molecular weight is 512 g/mol. The van der Waals surface area contributed by atoms with Crippen molar-refractivity contribution in [3.05, 3.63) is 38.8 Å². The third kappa shape index (κ3) is 4.86. The van der Waals surface area contributed by atoms with Crippen LogP contribution in [0.5, 0.6) is 0 Å². The van der Waals surface area contributed by atoms with Crippen molar-refractivity contribution in [1.82, 2.24) is 30.2 Å². The molecule has 0 radical (unpaired) electrons. The minimum absolute atomic E-state index is 0.0369. The number of hydrogen-bond acceptors (Lipinski definition) is 11. The van der Waals surface area contributed by atoms with Gasteiger partial charge in [-0.1, -0.05) is 23.1 Å². The summed E-state index contributed by atoms with van der Waals surface area (Å²) in [5.74, 6) is -1.33. The van der Waals surface area contributed by atoms with Gasteiger partial charge in [0, 0.05) is 24.5 Å². The van der Waals surface area contributed by atoms with Gasteiger partial charge in [-0.2, -0.15) is 5.10 Å². The van der Waals surface area contributed by atoms with Crippen molar-refractivity contribution in [1.29, 1.82) is 0 Å². The molecule has 4 rings (SSSR count). The number of thioether (sulfide) groups is 2. The molecule has 2 aromatic heterocycles. The van der Waals surface area contributed by atoms with E-state index in [1.54, 1.807) is 0 Å². The van der Waals surface area contributed by atoms with Crippen LogP contribution in [0.1, 0.15) is 11.4 Å². The maximum Gasteiger partial charge on any atom is 0.352 e. The maximum atomic E-state index is 12.7. The van der Waals surface area contributed by atoms with Gasteiger partial charge in [-0.25, -0.2) is 4.79 Å². The standard InChI is InChI=1S/C17H17N7O6S3/c1-8-20-21-17(33-8)32-7-9-6-31-15-12(14(26)23(15)13(9)16(27)28)19-11(25)2-3-22-5-10(4-18-22)24(29)30/h4-5,12,15H,2-3,6-7H2,1H3,(H,19,25)(H,27,28). The average Bonchev–Trinajstić information content (AvgIpc) is 3.42. The number of β-lactam (4-membered cyclic amide) rings is 1. The number of carbonyl (C=O) groups excluding carboxylic acids is 2. The molecule has 0 spiro atoms. The minimum atomic E-state index is -1.19. The molecule has 0 bridgehead atoms. The molecule has 1 saturated heterocycles. The first kappa shape index (κ1) is 23.2. The van der Waals surface area contributed by atoms with Gasteiger partial charge in [-0.3, -0.25) is 29.3 Å². The number of fused-ring (bicyclic) bond motifs is 1. The quantitative estimate of drug-likeness (QED) is 0.212. The third-order valence-electron chi connectivity index (χ3n) is 4.84. The van der Waals surface area contributed by atoms with Crippen molar-refractivity contribution in [2.24, 2.45) is 0 Å². The van der Waals surface area contributed by atoms with Crippen molar-refractivity contribution in [2.45, 2.75) is 35.6 Å². The van der Waals surface area contributed by atoms with Crippen molar-refractivity contribution in [3.63, 3.8) is 0 Å². The summed E-state index contributed by atoms with van der Waals surface area (Å²) in [6.45, 7) is 1.94. The Bertz CT molecular complexity index is 1160. The van der Waals surface area contributed by atoms with Crippen LogP contribution in [0.2, 0.25) is 0 Å². The summed E-state index contributed by atoms with van der Waals surface area (Å²) in [7, 11) is 0. The SMILES string of the molecule is Cc1nnc(SCC2=C(C(=O)O)N3C(=O)C(NC(=O)CCn4cc([N+](=O)[O-])cn4)C3SC2)s1. The van der Waals surface area contributed by atoms with Gasteiger partial charge >= 0.3 is 11.7 Å². The lowest BCUT2D eigenvalue weighted by molar-refractivity contribution is -0.385. The van der Waals surface area contributed by atoms with E-state index in [9.17, 15) is 29.6 Å². The molecule has 2 N–H and O–H groups in total. The second-order valence-electron chi connectivity index (χ2n) is 7.06. The Balaban J connectivity index is 1.36. The van der Waals surface area contributed by atoms with Crippen LogP contribution in [-0.4, -0.2) is 75.6 Å². The van der Waals surface area contributed by atoms with E-state index in [1.807, 2.05) is 6.92 Å². The molecule has 2 unspecified atom stereocenters. The molecule has 2 amide bonds. The van der Waals surface area contributed by atoms with Crippen LogP contribution in [0, 0.1) is 17.0 Å². The van der Waals surface area contributed by atoms with Gasteiger partial charge in [0.25, 0.3) is 5.91 Å². The number of nitro groups is 1. The van der Waals surface area contributed by atoms with Crippen LogP contribution in [-0.2, 0) is 20.9 Å². The van der Waals surface area contributed by atoms with E-state index in [0.717, 1.165) is 15.5 Å². The van der Waals surface area contributed by atoms with Crippen molar-refractivity contribution < 1.29 is 24.4 Å². The predicted octanol–water partition coefficient (Wildman–Crippen LogP) is 0.872. The number of rotatable bonds is 9. The van der Waals surface area contributed by atoms with E-state index in [1.165, 1.54) is 50.6 Å². The zero-order valence-corrected chi connectivity index (χ0v) is 19.5. The van der Waals surface area contributed by atoms with Gasteiger partial charge in [0.2, 0.25) is 5.91 Å². The molecule has 2 aliphatic rings. The van der Waals surface area contributed by atoms with E-state index in [0.29, 0.717) is 17.1 Å². The molecular formula is C17H17N7O6S3. The number of amides is 2. The van der Waals surface area contributed by atoms with Crippen molar-refractivity contribution >= 4 is 58.3 Å². The third-order valence-corrected chi connectivity index (χ3v) is 8.24. The Morgan fingerprint density at radius 1 is 1.42 bits per heavy atom. The van der Waals surface area contributed by atoms with E-state index >= 15 is 0 Å². The van der Waals surface area contributed by atoms with Crippen LogP contribution < -0.4 is 5.32 Å². The van der Waals surface area contributed by atoms with E-state index in [4.69, 9.17) is 0 Å². The molecule has 4 heterocycles. The molecule has 16 heteroatoms. The molecule has 33 heavy (non-hydrogen) atoms. The van der Waals surface area contributed by atoms with Crippen LogP contribution in [0.15, 0.2) is 28.0 Å². The Morgan fingerprint density at radius 3 is 2.85 bits per heavy atom. The topological polar surface area (TPSA) is 173 Å². The van der Waals surface area contributed by atoms with Gasteiger partial charge in [0.1, 0.15) is 34.5 Å². The fourth-order valence-electron chi connectivity index (χ4n) is 3.31. The van der Waals surface area contributed by atoms with Gasteiger partial charge in [-0.05, 0) is 12.5 Å². The van der Waals surface area contributed by atoms with Gasteiger partial charge in [-0.15, -0.1) is 22.0 Å². The molecule has 2 aromatic rings. The highest BCUT2D eigenvalue weighted by molar-refractivity contribution is 8.01. The highest BCUT2D eigenvalue weighted by atomic mass is 32.2. The van der Waals surface area contributed by atoms with Crippen molar-refractivity contribution in [2.75, 3.05) is 11.5 Å². The number of carbonyl (C=O) groups is 3. The zero-order valence-electron chi connectivity index (χ0n) is 17.0. The summed E-state index contributed by atoms with van der Waals surface area (Å²) in [6.07, 6.45) is 2.27. The molecule has 0 saturated carbocycles. The first-order valence-electron chi connectivity index (χ1n) is 9.53. The number of carboxylic acid groups (broad SMARTS) is 1. The summed E-state index contributed by atoms with van der Waals surface area (Å²) in [5.41, 5.74) is 0.383. The second kappa shape index (κ2) is 9.48. The van der Waals surface area contributed by atoms with Crippen LogP contribution in [0.3, 0.4) is 0 Å². The Hall–Kier alpha value is -2.98. The van der Waals surface area contributed by atoms with Crippen molar-refractivity contribution in [3.8, 4) is 0 Å². The van der Waals surface area contributed by atoms with E-state index in [-0.39, 0.29) is 24.4 Å². The van der Waals surface area contributed by atoms with Crippen LogP contribution in [0.25, 0.3) is 0 Å². The number of carboxylic acids is 1. The number of hydrogen-bond donors (Lipinski definition) is 2.